The molecule has 1 aliphatic heterocycles. The van der Waals surface area contributed by atoms with Crippen molar-refractivity contribution < 1.29 is 9.90 Å². The molecule has 1 aromatic carbocycles. The summed E-state index contributed by atoms with van der Waals surface area (Å²) in [6, 6.07) is 7.29. The Kier molecular flexibility index (Phi) is 3.21. The van der Waals surface area contributed by atoms with E-state index in [2.05, 4.69) is 11.8 Å². The normalized spacial score (nSPS) is 30.2. The Morgan fingerprint density at radius 2 is 2.05 bits per heavy atom. The van der Waals surface area contributed by atoms with Crippen LogP contribution in [0.1, 0.15) is 37.7 Å². The number of amides is 1. The summed E-state index contributed by atoms with van der Waals surface area (Å²) in [5, 5.41) is 9.29. The van der Waals surface area contributed by atoms with Gasteiger partial charge in [0, 0.05) is 19.0 Å². The molecule has 3 rings (SSSR count). The van der Waals surface area contributed by atoms with Crippen LogP contribution < -0.4 is 0 Å². The van der Waals surface area contributed by atoms with Crippen molar-refractivity contribution in [3.05, 3.63) is 29.8 Å². The van der Waals surface area contributed by atoms with Crippen LogP contribution in [0.5, 0.6) is 5.75 Å². The predicted octanol–water partition coefficient (Wildman–Crippen LogP) is 2.75. The van der Waals surface area contributed by atoms with E-state index in [1.165, 1.54) is 12.0 Å². The van der Waals surface area contributed by atoms with E-state index < -0.39 is 0 Å². The first-order chi connectivity index (χ1) is 9.15. The van der Waals surface area contributed by atoms with Gasteiger partial charge in [0.25, 0.3) is 0 Å². The van der Waals surface area contributed by atoms with E-state index in [4.69, 9.17) is 0 Å². The van der Waals surface area contributed by atoms with Crippen LogP contribution in [-0.4, -0.2) is 29.0 Å². The highest BCUT2D eigenvalue weighted by Gasteiger charge is 2.46. The molecule has 1 amide bonds. The standard InChI is InChI=1S/C16H21NO2/c1-11-3-2-8-17(10-11)16(19)15-9-14(15)12-4-6-13(18)7-5-12/h4-7,11,14-15,18H,2-3,8-10H2,1H3. The maximum absolute atomic E-state index is 12.4. The summed E-state index contributed by atoms with van der Waals surface area (Å²) in [4.78, 5) is 14.5. The smallest absolute Gasteiger partial charge is 0.226 e. The molecule has 1 aromatic rings. The van der Waals surface area contributed by atoms with E-state index in [9.17, 15) is 9.90 Å². The summed E-state index contributed by atoms with van der Waals surface area (Å²) in [6.45, 7) is 4.09. The average molecular weight is 259 g/mol. The first-order valence-electron chi connectivity index (χ1n) is 7.23. The topological polar surface area (TPSA) is 40.5 Å². The van der Waals surface area contributed by atoms with Gasteiger partial charge in [-0.05, 0) is 48.8 Å². The highest BCUT2D eigenvalue weighted by molar-refractivity contribution is 5.83. The molecule has 3 unspecified atom stereocenters. The summed E-state index contributed by atoms with van der Waals surface area (Å²) >= 11 is 0. The maximum atomic E-state index is 12.4. The summed E-state index contributed by atoms with van der Waals surface area (Å²) in [7, 11) is 0. The van der Waals surface area contributed by atoms with E-state index in [1.807, 2.05) is 12.1 Å². The van der Waals surface area contributed by atoms with Crippen LogP contribution in [0.25, 0.3) is 0 Å². The van der Waals surface area contributed by atoms with Crippen LogP contribution in [0.3, 0.4) is 0 Å². The van der Waals surface area contributed by atoms with Crippen molar-refractivity contribution in [3.63, 3.8) is 0 Å². The molecule has 3 heteroatoms. The average Bonchev–Trinajstić information content (AvgIpc) is 3.19. The second-order valence-corrected chi connectivity index (χ2v) is 6.07. The lowest BCUT2D eigenvalue weighted by molar-refractivity contribution is -0.134. The maximum Gasteiger partial charge on any atom is 0.226 e. The first kappa shape index (κ1) is 12.5. The molecule has 0 spiro atoms. The van der Waals surface area contributed by atoms with Crippen LogP contribution in [0.4, 0.5) is 0 Å². The van der Waals surface area contributed by atoms with Gasteiger partial charge < -0.3 is 10.0 Å². The lowest BCUT2D eigenvalue weighted by Crippen LogP contribution is -2.40. The van der Waals surface area contributed by atoms with Crippen molar-refractivity contribution in [1.82, 2.24) is 4.90 Å². The molecule has 0 bridgehead atoms. The Hall–Kier alpha value is -1.51. The molecule has 3 nitrogen and oxygen atoms in total. The summed E-state index contributed by atoms with van der Waals surface area (Å²) in [5.41, 5.74) is 1.18. The second-order valence-electron chi connectivity index (χ2n) is 6.07. The van der Waals surface area contributed by atoms with Gasteiger partial charge in [-0.3, -0.25) is 4.79 Å². The quantitative estimate of drug-likeness (QED) is 0.887. The zero-order valence-corrected chi connectivity index (χ0v) is 11.4. The van der Waals surface area contributed by atoms with Crippen LogP contribution >= 0.6 is 0 Å². The number of nitrogens with zero attached hydrogens (tertiary/aromatic N) is 1. The second kappa shape index (κ2) is 4.87. The Balaban J connectivity index is 1.62. The Morgan fingerprint density at radius 1 is 1.32 bits per heavy atom. The van der Waals surface area contributed by atoms with E-state index in [0.29, 0.717) is 17.7 Å². The molecule has 1 saturated heterocycles. The van der Waals surface area contributed by atoms with Crippen LogP contribution in [0.15, 0.2) is 24.3 Å². The SMILES string of the molecule is CC1CCCN(C(=O)C2CC2c2ccc(O)cc2)C1. The minimum Gasteiger partial charge on any atom is -0.508 e. The monoisotopic (exact) mass is 259 g/mol. The Morgan fingerprint density at radius 3 is 2.74 bits per heavy atom. The van der Waals surface area contributed by atoms with Gasteiger partial charge in [-0.25, -0.2) is 0 Å². The molecule has 2 fully saturated rings. The number of phenols is 1. The van der Waals surface area contributed by atoms with Gasteiger partial charge in [0.15, 0.2) is 0 Å². The molecule has 2 aliphatic rings. The Labute approximate surface area is 114 Å². The molecule has 1 aliphatic carbocycles. The zero-order chi connectivity index (χ0) is 13.4. The number of phenolic OH excluding ortho intramolecular Hbond substituents is 1. The number of benzene rings is 1. The number of carbonyl (C=O) groups excluding carboxylic acids is 1. The lowest BCUT2D eigenvalue weighted by atomic mass is 9.99. The number of likely N-dealkylation sites (tertiary alicyclic amines) is 1. The third-order valence-electron chi connectivity index (χ3n) is 4.40. The fourth-order valence-electron chi connectivity index (χ4n) is 3.18. The molecule has 19 heavy (non-hydrogen) atoms. The minimum atomic E-state index is 0.176. The lowest BCUT2D eigenvalue weighted by Gasteiger charge is -2.31. The third kappa shape index (κ3) is 2.60. The van der Waals surface area contributed by atoms with E-state index in [-0.39, 0.29) is 11.7 Å². The molecule has 1 N–H and O–H groups in total. The number of carbonyl (C=O) groups is 1. The van der Waals surface area contributed by atoms with Crippen molar-refractivity contribution in [2.75, 3.05) is 13.1 Å². The van der Waals surface area contributed by atoms with Crippen molar-refractivity contribution in [2.24, 2.45) is 11.8 Å². The van der Waals surface area contributed by atoms with E-state index >= 15 is 0 Å². The number of piperidine rings is 1. The van der Waals surface area contributed by atoms with Crippen LogP contribution in [0.2, 0.25) is 0 Å². The fraction of sp³-hybridized carbons (Fsp3) is 0.562. The molecule has 1 saturated carbocycles. The Bertz CT molecular complexity index is 468. The molecule has 0 aromatic heterocycles. The molecular formula is C16H21NO2. The van der Waals surface area contributed by atoms with Gasteiger partial charge in [0.1, 0.15) is 5.75 Å². The van der Waals surface area contributed by atoms with Gasteiger partial charge in [0.2, 0.25) is 5.91 Å². The number of aromatic hydroxyl groups is 1. The van der Waals surface area contributed by atoms with Crippen molar-refractivity contribution in [3.8, 4) is 5.75 Å². The summed E-state index contributed by atoms with van der Waals surface area (Å²) in [5.74, 6) is 1.81. The van der Waals surface area contributed by atoms with Gasteiger partial charge in [-0.1, -0.05) is 19.1 Å². The third-order valence-corrected chi connectivity index (χ3v) is 4.40. The van der Waals surface area contributed by atoms with Crippen molar-refractivity contribution in [2.45, 2.75) is 32.1 Å². The minimum absolute atomic E-state index is 0.176. The number of rotatable bonds is 2. The van der Waals surface area contributed by atoms with Crippen molar-refractivity contribution in [1.29, 1.82) is 0 Å². The van der Waals surface area contributed by atoms with Crippen LogP contribution in [-0.2, 0) is 4.79 Å². The largest absolute Gasteiger partial charge is 0.508 e. The molecule has 0 radical (unpaired) electrons. The van der Waals surface area contributed by atoms with Gasteiger partial charge in [0.05, 0.1) is 0 Å². The van der Waals surface area contributed by atoms with Gasteiger partial charge in [-0.15, -0.1) is 0 Å². The first-order valence-corrected chi connectivity index (χ1v) is 7.23. The summed E-state index contributed by atoms with van der Waals surface area (Å²) in [6.07, 6.45) is 3.35. The highest BCUT2D eigenvalue weighted by atomic mass is 16.3. The predicted molar refractivity (Wildman–Crippen MR) is 73.9 cm³/mol. The summed E-state index contributed by atoms with van der Waals surface area (Å²) < 4.78 is 0. The van der Waals surface area contributed by atoms with E-state index in [1.54, 1.807) is 12.1 Å². The highest BCUT2D eigenvalue weighted by Crippen LogP contribution is 2.48. The number of hydrogen-bond acceptors (Lipinski definition) is 2. The van der Waals surface area contributed by atoms with Gasteiger partial charge >= 0.3 is 0 Å². The molecule has 3 atom stereocenters. The van der Waals surface area contributed by atoms with Crippen LogP contribution in [0, 0.1) is 11.8 Å². The molecular weight excluding hydrogens is 238 g/mol. The zero-order valence-electron chi connectivity index (χ0n) is 11.4. The van der Waals surface area contributed by atoms with Crippen molar-refractivity contribution >= 4 is 5.91 Å². The fourth-order valence-corrected chi connectivity index (χ4v) is 3.18. The van der Waals surface area contributed by atoms with E-state index in [0.717, 1.165) is 25.9 Å². The number of hydrogen-bond donors (Lipinski definition) is 1. The van der Waals surface area contributed by atoms with Gasteiger partial charge in [-0.2, -0.15) is 0 Å². The molecule has 1 heterocycles. The molecule has 102 valence electrons.